The van der Waals surface area contributed by atoms with Gasteiger partial charge in [-0.15, -0.1) is 0 Å². The van der Waals surface area contributed by atoms with E-state index in [0.29, 0.717) is 18.1 Å². The van der Waals surface area contributed by atoms with Crippen LogP contribution in [0, 0.1) is 0 Å². The maximum atomic E-state index is 13.0. The second kappa shape index (κ2) is 15.5. The largest absolute Gasteiger partial charge is 0.491 e. The molecule has 0 bridgehead atoms. The highest BCUT2D eigenvalue weighted by Gasteiger charge is 2.25. The Morgan fingerprint density at radius 2 is 1.70 bits per heavy atom. The number of hydrogen-bond donors (Lipinski definition) is 2. The molecule has 2 aromatic carbocycles. The maximum absolute atomic E-state index is 13.0. The van der Waals surface area contributed by atoms with Crippen molar-refractivity contribution in [3.8, 4) is 17.2 Å². The SMILES string of the molecule is C=C(/N=C\N(N)CP(=O)(OCC)OCC)NC(=O)c1cc(OCCOC)cc(Oc2ccc(S(C)(=O)=O)cc2)c1. The number of amides is 1. The summed E-state index contributed by atoms with van der Waals surface area (Å²) < 4.78 is 62.9. The van der Waals surface area contributed by atoms with Crippen LogP contribution in [0.2, 0.25) is 0 Å². The number of rotatable bonds is 17. The number of hydrogen-bond acceptors (Lipinski definition) is 11. The summed E-state index contributed by atoms with van der Waals surface area (Å²) in [6.07, 6.45) is 1.98. The van der Waals surface area contributed by atoms with Crippen molar-refractivity contribution in [2.45, 2.75) is 18.7 Å². The summed E-state index contributed by atoms with van der Waals surface area (Å²) in [5.41, 5.74) is 0.163. The molecule has 0 radical (unpaired) electrons. The fourth-order valence-corrected chi connectivity index (χ4v) is 5.24. The van der Waals surface area contributed by atoms with Crippen molar-refractivity contribution in [3.05, 3.63) is 60.4 Å². The summed E-state index contributed by atoms with van der Waals surface area (Å²) in [5.74, 6) is 6.15. The van der Waals surface area contributed by atoms with E-state index in [9.17, 15) is 17.8 Å². The zero-order valence-electron chi connectivity index (χ0n) is 22.9. The minimum Gasteiger partial charge on any atom is -0.491 e. The van der Waals surface area contributed by atoms with Crippen molar-refractivity contribution in [2.24, 2.45) is 10.8 Å². The van der Waals surface area contributed by atoms with Gasteiger partial charge in [-0.3, -0.25) is 14.4 Å². The molecular formula is C25H35N4O9PS. The van der Waals surface area contributed by atoms with E-state index >= 15 is 0 Å². The molecule has 3 N–H and O–H groups in total. The Morgan fingerprint density at radius 3 is 2.27 bits per heavy atom. The van der Waals surface area contributed by atoms with Crippen molar-refractivity contribution in [1.82, 2.24) is 10.3 Å². The van der Waals surface area contributed by atoms with Gasteiger partial charge < -0.3 is 28.6 Å². The molecule has 0 aliphatic rings. The van der Waals surface area contributed by atoms with E-state index in [1.807, 2.05) is 0 Å². The third-order valence-electron chi connectivity index (χ3n) is 4.79. The first kappa shape index (κ1) is 32.9. The van der Waals surface area contributed by atoms with Gasteiger partial charge in [-0.25, -0.2) is 19.3 Å². The number of methoxy groups -OCH3 is 1. The van der Waals surface area contributed by atoms with Gasteiger partial charge in [-0.2, -0.15) is 0 Å². The summed E-state index contributed by atoms with van der Waals surface area (Å²) in [7, 11) is -5.28. The van der Waals surface area contributed by atoms with E-state index < -0.39 is 23.3 Å². The Balaban J connectivity index is 2.17. The monoisotopic (exact) mass is 598 g/mol. The van der Waals surface area contributed by atoms with Crippen molar-refractivity contribution in [2.75, 3.05) is 46.1 Å². The van der Waals surface area contributed by atoms with Crippen molar-refractivity contribution >= 4 is 29.7 Å². The van der Waals surface area contributed by atoms with Gasteiger partial charge in [0, 0.05) is 25.0 Å². The number of benzene rings is 2. The van der Waals surface area contributed by atoms with E-state index in [2.05, 4.69) is 16.9 Å². The Labute approximate surface area is 234 Å². The Kier molecular flexibility index (Phi) is 12.8. The fourth-order valence-electron chi connectivity index (χ4n) is 3.11. The molecule has 0 aliphatic carbocycles. The van der Waals surface area contributed by atoms with Gasteiger partial charge in [0.1, 0.15) is 42.3 Å². The number of ether oxygens (including phenoxy) is 3. The van der Waals surface area contributed by atoms with E-state index in [0.717, 1.165) is 17.6 Å². The predicted octanol–water partition coefficient (Wildman–Crippen LogP) is 3.54. The molecule has 0 heterocycles. The highest BCUT2D eigenvalue weighted by Crippen LogP contribution is 2.47. The van der Waals surface area contributed by atoms with E-state index in [4.69, 9.17) is 29.1 Å². The fraction of sp³-hybridized carbons (Fsp3) is 0.360. The van der Waals surface area contributed by atoms with Crippen molar-refractivity contribution in [3.63, 3.8) is 0 Å². The molecule has 0 saturated heterocycles. The molecule has 0 fully saturated rings. The molecule has 220 valence electrons. The smallest absolute Gasteiger partial charge is 0.351 e. The normalized spacial score (nSPS) is 11.8. The number of carbonyl (C=O) groups excluding carboxylic acids is 1. The average Bonchev–Trinajstić information content (AvgIpc) is 2.87. The van der Waals surface area contributed by atoms with Crippen LogP contribution in [0.15, 0.2) is 64.8 Å². The standard InChI is InChI=1S/C25H35N4O9PS/c1-6-36-39(31,37-7-2)18-29(26)17-27-19(3)28-25(30)20-14-22(35-13-12-34-4)16-23(15-20)38-21-8-10-24(11-9-21)40(5,32)33/h8-11,14-17H,3,6-7,12-13,18,26H2,1-2,4-5H3,(H,28,30)/b27-17-. The van der Waals surface area contributed by atoms with Gasteiger partial charge in [0.2, 0.25) is 0 Å². The molecule has 0 atom stereocenters. The summed E-state index contributed by atoms with van der Waals surface area (Å²) in [5, 5.41) is 3.54. The number of aliphatic imine (C=N–C) groups is 1. The van der Waals surface area contributed by atoms with Gasteiger partial charge in [0.25, 0.3) is 5.91 Å². The lowest BCUT2D eigenvalue weighted by Gasteiger charge is -2.21. The minimum atomic E-state index is -3.45. The molecule has 0 spiro atoms. The molecule has 40 heavy (non-hydrogen) atoms. The molecule has 2 rings (SSSR count). The number of nitrogens with two attached hydrogens (primary N) is 1. The third-order valence-corrected chi connectivity index (χ3v) is 7.90. The van der Waals surface area contributed by atoms with Crippen LogP contribution < -0.4 is 20.6 Å². The lowest BCUT2D eigenvalue weighted by molar-refractivity contribution is 0.0964. The lowest BCUT2D eigenvalue weighted by Crippen LogP contribution is -2.32. The molecule has 0 unspecified atom stereocenters. The van der Waals surface area contributed by atoms with E-state index in [1.54, 1.807) is 19.9 Å². The number of carbonyl (C=O) groups is 1. The van der Waals surface area contributed by atoms with Crippen molar-refractivity contribution in [1.29, 1.82) is 0 Å². The summed E-state index contributed by atoms with van der Waals surface area (Å²) in [6, 6.07) is 10.4. The molecule has 0 saturated carbocycles. The first-order valence-electron chi connectivity index (χ1n) is 12.1. The number of sulfone groups is 1. The predicted molar refractivity (Wildman–Crippen MR) is 150 cm³/mol. The van der Waals surface area contributed by atoms with Crippen LogP contribution >= 0.6 is 7.60 Å². The molecule has 0 aliphatic heterocycles. The lowest BCUT2D eigenvalue weighted by atomic mass is 10.2. The van der Waals surface area contributed by atoms with Gasteiger partial charge in [0.15, 0.2) is 9.84 Å². The van der Waals surface area contributed by atoms with Crippen LogP contribution in [0.4, 0.5) is 0 Å². The highest BCUT2D eigenvalue weighted by molar-refractivity contribution is 7.90. The van der Waals surface area contributed by atoms with Crippen LogP contribution in [0.5, 0.6) is 17.2 Å². The van der Waals surface area contributed by atoms with Crippen LogP contribution in [0.3, 0.4) is 0 Å². The van der Waals surface area contributed by atoms with Gasteiger partial charge >= 0.3 is 7.60 Å². The van der Waals surface area contributed by atoms with Gasteiger partial charge in [-0.05, 0) is 50.2 Å². The zero-order valence-corrected chi connectivity index (χ0v) is 24.6. The molecule has 13 nitrogen and oxygen atoms in total. The maximum Gasteiger partial charge on any atom is 0.351 e. The van der Waals surface area contributed by atoms with Crippen LogP contribution in [-0.2, 0) is 28.2 Å². The molecule has 1 amide bonds. The second-order valence-corrected chi connectivity index (χ2v) is 12.2. The Hall–Kier alpha value is -3.26. The topological polar surface area (TPSA) is 168 Å². The Bertz CT molecular complexity index is 1320. The van der Waals surface area contributed by atoms with E-state index in [-0.39, 0.29) is 48.1 Å². The Morgan fingerprint density at radius 1 is 1.07 bits per heavy atom. The van der Waals surface area contributed by atoms with Gasteiger partial charge in [0.05, 0.1) is 24.7 Å². The first-order valence-corrected chi connectivity index (χ1v) is 15.7. The second-order valence-electron chi connectivity index (χ2n) is 8.13. The molecular weight excluding hydrogens is 563 g/mol. The van der Waals surface area contributed by atoms with Crippen LogP contribution in [-0.4, -0.2) is 71.8 Å². The molecule has 2 aromatic rings. The number of hydrazine groups is 1. The first-order chi connectivity index (χ1) is 18.9. The third kappa shape index (κ3) is 11.1. The minimum absolute atomic E-state index is 0.0485. The van der Waals surface area contributed by atoms with Gasteiger partial charge in [-0.1, -0.05) is 6.58 Å². The van der Waals surface area contributed by atoms with E-state index in [1.165, 1.54) is 43.5 Å². The van der Waals surface area contributed by atoms with Crippen LogP contribution in [0.1, 0.15) is 24.2 Å². The number of nitrogens with one attached hydrogen (secondary N) is 1. The molecule has 15 heteroatoms. The number of nitrogens with zero attached hydrogens (tertiary/aromatic N) is 2. The van der Waals surface area contributed by atoms with Crippen molar-refractivity contribution < 1.29 is 41.0 Å². The summed E-state index contributed by atoms with van der Waals surface area (Å²) in [4.78, 5) is 17.1. The highest BCUT2D eigenvalue weighted by atomic mass is 32.2. The summed E-state index contributed by atoms with van der Waals surface area (Å²) >= 11 is 0. The summed E-state index contributed by atoms with van der Waals surface area (Å²) in [6.45, 7) is 7.95. The zero-order chi connectivity index (χ0) is 29.8. The van der Waals surface area contributed by atoms with Crippen LogP contribution in [0.25, 0.3) is 0 Å². The average molecular weight is 599 g/mol. The molecule has 0 aromatic heterocycles. The quantitative estimate of drug-likeness (QED) is 0.0682.